The highest BCUT2D eigenvalue weighted by Crippen LogP contribution is 2.33. The van der Waals surface area contributed by atoms with Gasteiger partial charge in [-0.15, -0.1) is 0 Å². The van der Waals surface area contributed by atoms with E-state index >= 15 is 0 Å². The lowest BCUT2D eigenvalue weighted by Crippen LogP contribution is -2.05. The van der Waals surface area contributed by atoms with Gasteiger partial charge < -0.3 is 5.73 Å². The first-order valence-electron chi connectivity index (χ1n) is 5.80. The van der Waals surface area contributed by atoms with Gasteiger partial charge in [0.2, 0.25) is 0 Å². The lowest BCUT2D eigenvalue weighted by atomic mass is 9.96. The molecule has 1 radical (unpaired) electrons. The summed E-state index contributed by atoms with van der Waals surface area (Å²) in [5.74, 6) is 0. The Hall–Kier alpha value is -1.81. The SMILES string of the molecule is Cc1ccc(C(F)(F)F)cc1-c1cc[c]c(CN)c1. The number of rotatable bonds is 2. The van der Waals surface area contributed by atoms with Crippen LogP contribution in [0.3, 0.4) is 0 Å². The first kappa shape index (κ1) is 13.6. The number of benzene rings is 2. The standard InChI is InChI=1S/C15H13F3N/c1-10-5-6-13(15(16,17)18)8-14(10)12-4-2-3-11(7-12)9-19/h2,4-8H,9,19H2,1H3. The highest BCUT2D eigenvalue weighted by atomic mass is 19.4. The zero-order chi connectivity index (χ0) is 14.0. The quantitative estimate of drug-likeness (QED) is 0.873. The Morgan fingerprint density at radius 1 is 1.16 bits per heavy atom. The molecule has 0 bridgehead atoms. The number of nitrogens with two attached hydrogens (primary N) is 1. The Labute approximate surface area is 109 Å². The van der Waals surface area contributed by atoms with Gasteiger partial charge >= 0.3 is 6.18 Å². The summed E-state index contributed by atoms with van der Waals surface area (Å²) in [5, 5.41) is 0. The average molecular weight is 264 g/mol. The van der Waals surface area contributed by atoms with Gasteiger partial charge in [0.25, 0.3) is 0 Å². The van der Waals surface area contributed by atoms with Crippen LogP contribution >= 0.6 is 0 Å². The predicted molar refractivity (Wildman–Crippen MR) is 68.3 cm³/mol. The predicted octanol–water partition coefficient (Wildman–Crippen LogP) is 3.94. The van der Waals surface area contributed by atoms with E-state index in [-0.39, 0.29) is 0 Å². The van der Waals surface area contributed by atoms with E-state index in [9.17, 15) is 13.2 Å². The molecule has 0 saturated carbocycles. The summed E-state index contributed by atoms with van der Waals surface area (Å²) in [6, 6.07) is 11.9. The van der Waals surface area contributed by atoms with E-state index in [0.29, 0.717) is 12.1 Å². The Morgan fingerprint density at radius 2 is 1.89 bits per heavy atom. The van der Waals surface area contributed by atoms with Crippen molar-refractivity contribution in [2.75, 3.05) is 0 Å². The van der Waals surface area contributed by atoms with Crippen LogP contribution in [0.1, 0.15) is 16.7 Å². The summed E-state index contributed by atoms with van der Waals surface area (Å²) in [6.07, 6.45) is -4.33. The normalized spacial score (nSPS) is 11.6. The molecule has 0 aliphatic rings. The molecule has 2 aromatic carbocycles. The number of halogens is 3. The van der Waals surface area contributed by atoms with Crippen LogP contribution in [0.2, 0.25) is 0 Å². The molecule has 1 nitrogen and oxygen atoms in total. The molecule has 0 heterocycles. The van der Waals surface area contributed by atoms with Gasteiger partial charge in [-0.3, -0.25) is 0 Å². The molecule has 0 aliphatic heterocycles. The maximum Gasteiger partial charge on any atom is 0.416 e. The summed E-state index contributed by atoms with van der Waals surface area (Å²) in [7, 11) is 0. The third kappa shape index (κ3) is 2.96. The van der Waals surface area contributed by atoms with Crippen molar-refractivity contribution in [1.82, 2.24) is 0 Å². The van der Waals surface area contributed by atoms with E-state index in [1.165, 1.54) is 12.1 Å². The van der Waals surface area contributed by atoms with Crippen LogP contribution in [-0.4, -0.2) is 0 Å². The highest BCUT2D eigenvalue weighted by molar-refractivity contribution is 5.68. The van der Waals surface area contributed by atoms with Gasteiger partial charge in [-0.25, -0.2) is 0 Å². The zero-order valence-electron chi connectivity index (χ0n) is 10.4. The summed E-state index contributed by atoms with van der Waals surface area (Å²) in [5.41, 5.74) is 7.74. The van der Waals surface area contributed by atoms with Crippen molar-refractivity contribution in [1.29, 1.82) is 0 Å². The van der Waals surface area contributed by atoms with Gasteiger partial charge in [-0.05, 0) is 53.4 Å². The van der Waals surface area contributed by atoms with Crippen molar-refractivity contribution < 1.29 is 13.2 Å². The molecule has 0 atom stereocenters. The monoisotopic (exact) mass is 264 g/mol. The number of alkyl halides is 3. The molecule has 0 unspecified atom stereocenters. The maximum absolute atomic E-state index is 12.7. The highest BCUT2D eigenvalue weighted by Gasteiger charge is 2.30. The average Bonchev–Trinajstić information content (AvgIpc) is 2.38. The van der Waals surface area contributed by atoms with Crippen LogP contribution in [0.25, 0.3) is 11.1 Å². The van der Waals surface area contributed by atoms with Gasteiger partial charge in [0.05, 0.1) is 5.56 Å². The topological polar surface area (TPSA) is 26.0 Å². The molecule has 2 aromatic rings. The van der Waals surface area contributed by atoms with E-state index in [4.69, 9.17) is 5.73 Å². The molecular formula is C15H13F3N. The van der Waals surface area contributed by atoms with Crippen LogP contribution in [0.15, 0.2) is 36.4 Å². The first-order valence-corrected chi connectivity index (χ1v) is 5.80. The molecule has 0 amide bonds. The molecule has 4 heteroatoms. The summed E-state index contributed by atoms with van der Waals surface area (Å²) < 4.78 is 38.2. The van der Waals surface area contributed by atoms with E-state index < -0.39 is 11.7 Å². The molecule has 2 N–H and O–H groups in total. The second-order valence-corrected chi connectivity index (χ2v) is 4.33. The number of aryl methyl sites for hydroxylation is 1. The molecular weight excluding hydrogens is 251 g/mol. The van der Waals surface area contributed by atoms with Crippen LogP contribution in [0.5, 0.6) is 0 Å². The van der Waals surface area contributed by atoms with E-state index in [1.807, 2.05) is 0 Å². The lowest BCUT2D eigenvalue weighted by molar-refractivity contribution is -0.137. The Bertz CT molecular complexity index is 588. The van der Waals surface area contributed by atoms with E-state index in [2.05, 4.69) is 6.07 Å². The van der Waals surface area contributed by atoms with Crippen molar-refractivity contribution in [3.8, 4) is 11.1 Å². The molecule has 0 aliphatic carbocycles. The minimum absolute atomic E-state index is 0.311. The van der Waals surface area contributed by atoms with E-state index in [1.54, 1.807) is 25.1 Å². The minimum atomic E-state index is -4.33. The second-order valence-electron chi connectivity index (χ2n) is 4.33. The van der Waals surface area contributed by atoms with Crippen molar-refractivity contribution in [2.24, 2.45) is 5.73 Å². The van der Waals surface area contributed by atoms with Crippen molar-refractivity contribution >= 4 is 0 Å². The Balaban J connectivity index is 2.54. The fourth-order valence-electron chi connectivity index (χ4n) is 1.91. The van der Waals surface area contributed by atoms with Gasteiger partial charge in [0, 0.05) is 6.54 Å². The molecule has 0 aromatic heterocycles. The fourth-order valence-corrected chi connectivity index (χ4v) is 1.91. The molecule has 0 saturated heterocycles. The fraction of sp³-hybridized carbons (Fsp3) is 0.200. The number of hydrogen-bond donors (Lipinski definition) is 1. The Morgan fingerprint density at radius 3 is 2.53 bits per heavy atom. The third-order valence-electron chi connectivity index (χ3n) is 2.96. The summed E-state index contributed by atoms with van der Waals surface area (Å²) >= 11 is 0. The van der Waals surface area contributed by atoms with Gasteiger partial charge in [-0.1, -0.05) is 18.2 Å². The van der Waals surface area contributed by atoms with Gasteiger partial charge in [0.15, 0.2) is 0 Å². The first-order chi connectivity index (χ1) is 8.91. The van der Waals surface area contributed by atoms with Crippen LogP contribution in [-0.2, 0) is 12.7 Å². The molecule has 0 spiro atoms. The van der Waals surface area contributed by atoms with Gasteiger partial charge in [0.1, 0.15) is 0 Å². The van der Waals surface area contributed by atoms with Crippen molar-refractivity contribution in [3.63, 3.8) is 0 Å². The Kier molecular flexibility index (Phi) is 3.62. The summed E-state index contributed by atoms with van der Waals surface area (Å²) in [6.45, 7) is 2.10. The van der Waals surface area contributed by atoms with Gasteiger partial charge in [-0.2, -0.15) is 13.2 Å². The molecule has 2 rings (SSSR count). The third-order valence-corrected chi connectivity index (χ3v) is 2.96. The van der Waals surface area contributed by atoms with Crippen LogP contribution < -0.4 is 5.73 Å². The zero-order valence-corrected chi connectivity index (χ0v) is 10.4. The van der Waals surface area contributed by atoms with E-state index in [0.717, 1.165) is 22.8 Å². The van der Waals surface area contributed by atoms with Crippen molar-refractivity contribution in [2.45, 2.75) is 19.6 Å². The van der Waals surface area contributed by atoms with Crippen molar-refractivity contribution in [3.05, 3.63) is 59.2 Å². The van der Waals surface area contributed by atoms with Crippen LogP contribution in [0, 0.1) is 13.0 Å². The number of hydrogen-bond acceptors (Lipinski definition) is 1. The summed E-state index contributed by atoms with van der Waals surface area (Å²) in [4.78, 5) is 0. The minimum Gasteiger partial charge on any atom is -0.326 e. The molecule has 19 heavy (non-hydrogen) atoms. The maximum atomic E-state index is 12.7. The second kappa shape index (κ2) is 5.05. The molecule has 0 fully saturated rings. The lowest BCUT2D eigenvalue weighted by Gasteiger charge is -2.12. The smallest absolute Gasteiger partial charge is 0.326 e. The van der Waals surface area contributed by atoms with Crippen LogP contribution in [0.4, 0.5) is 13.2 Å². The largest absolute Gasteiger partial charge is 0.416 e. The molecule has 99 valence electrons.